The summed E-state index contributed by atoms with van der Waals surface area (Å²) in [7, 11) is 0. The van der Waals surface area contributed by atoms with E-state index in [-0.39, 0.29) is 11.7 Å². The highest BCUT2D eigenvalue weighted by molar-refractivity contribution is 5.90. The number of nitro groups is 1. The molecular formula is C14H17N5O2. The summed E-state index contributed by atoms with van der Waals surface area (Å²) in [4.78, 5) is 19.0. The molecule has 0 amide bonds. The number of non-ortho nitro benzene ring substituents is 1. The molecule has 2 heterocycles. The zero-order chi connectivity index (χ0) is 14.8. The van der Waals surface area contributed by atoms with Gasteiger partial charge < -0.3 is 10.6 Å². The van der Waals surface area contributed by atoms with Crippen molar-refractivity contribution in [3.63, 3.8) is 0 Å². The molecule has 1 aromatic carbocycles. The van der Waals surface area contributed by atoms with Gasteiger partial charge in [0.15, 0.2) is 0 Å². The van der Waals surface area contributed by atoms with E-state index >= 15 is 0 Å². The molecule has 0 saturated carbocycles. The predicted octanol–water partition coefficient (Wildman–Crippen LogP) is 2.09. The van der Waals surface area contributed by atoms with E-state index in [0.29, 0.717) is 22.8 Å². The van der Waals surface area contributed by atoms with Gasteiger partial charge in [0.2, 0.25) is 0 Å². The van der Waals surface area contributed by atoms with Crippen LogP contribution in [-0.4, -0.2) is 33.5 Å². The van der Waals surface area contributed by atoms with Crippen molar-refractivity contribution in [3.8, 4) is 0 Å². The molecule has 1 aliphatic rings. The topological polar surface area (TPSA) is 93.0 Å². The molecule has 0 aliphatic carbocycles. The lowest BCUT2D eigenvalue weighted by atomic mass is 10.00. The molecule has 7 heteroatoms. The third-order valence-electron chi connectivity index (χ3n) is 3.91. The molecule has 3 rings (SSSR count). The Hall–Kier alpha value is -2.28. The maximum atomic E-state index is 10.9. The number of hydrogen-bond acceptors (Lipinski definition) is 6. The van der Waals surface area contributed by atoms with Crippen LogP contribution in [0.3, 0.4) is 0 Å². The number of piperidine rings is 1. The minimum atomic E-state index is -0.402. The standard InChI is InChI=1S/C14H17N5O2/c1-9-12(3-2-6-15-9)18-14-11-7-10(19(20)21)4-5-13(11)16-8-17-14/h4-5,7-9,12,15H,2-3,6H2,1H3,(H,16,17,18). The van der Waals surface area contributed by atoms with Gasteiger partial charge in [-0.15, -0.1) is 0 Å². The molecule has 1 fully saturated rings. The summed E-state index contributed by atoms with van der Waals surface area (Å²) in [6, 6.07) is 5.24. The summed E-state index contributed by atoms with van der Waals surface area (Å²) >= 11 is 0. The average Bonchev–Trinajstić information content (AvgIpc) is 2.49. The first-order valence-electron chi connectivity index (χ1n) is 7.04. The van der Waals surface area contributed by atoms with Gasteiger partial charge in [0.05, 0.1) is 10.4 Å². The number of anilines is 1. The molecule has 0 spiro atoms. The van der Waals surface area contributed by atoms with E-state index in [1.165, 1.54) is 18.5 Å². The van der Waals surface area contributed by atoms with Crippen LogP contribution in [0.2, 0.25) is 0 Å². The number of nitrogens with zero attached hydrogens (tertiary/aromatic N) is 3. The fraction of sp³-hybridized carbons (Fsp3) is 0.429. The monoisotopic (exact) mass is 287 g/mol. The fourth-order valence-corrected chi connectivity index (χ4v) is 2.69. The SMILES string of the molecule is CC1NCCCC1Nc1ncnc2ccc([N+](=O)[O-])cc12. The van der Waals surface area contributed by atoms with Crippen molar-refractivity contribution in [1.82, 2.24) is 15.3 Å². The molecule has 0 bridgehead atoms. The summed E-state index contributed by atoms with van der Waals surface area (Å²) < 4.78 is 0. The van der Waals surface area contributed by atoms with Crippen LogP contribution in [0.1, 0.15) is 19.8 Å². The highest BCUT2D eigenvalue weighted by atomic mass is 16.6. The van der Waals surface area contributed by atoms with Crippen LogP contribution < -0.4 is 10.6 Å². The largest absolute Gasteiger partial charge is 0.365 e. The fourth-order valence-electron chi connectivity index (χ4n) is 2.69. The highest BCUT2D eigenvalue weighted by Gasteiger charge is 2.22. The zero-order valence-electron chi connectivity index (χ0n) is 11.7. The van der Waals surface area contributed by atoms with Crippen LogP contribution in [0.5, 0.6) is 0 Å². The number of nitro benzene ring substituents is 1. The number of fused-ring (bicyclic) bond motifs is 1. The lowest BCUT2D eigenvalue weighted by Crippen LogP contribution is -2.46. The van der Waals surface area contributed by atoms with Gasteiger partial charge in [0.1, 0.15) is 12.1 Å². The lowest BCUT2D eigenvalue weighted by molar-refractivity contribution is -0.384. The quantitative estimate of drug-likeness (QED) is 0.663. The summed E-state index contributed by atoms with van der Waals surface area (Å²) in [5.74, 6) is 0.657. The number of hydrogen-bond donors (Lipinski definition) is 2. The van der Waals surface area contributed by atoms with Gasteiger partial charge in [-0.3, -0.25) is 10.1 Å². The molecule has 21 heavy (non-hydrogen) atoms. The molecule has 2 unspecified atom stereocenters. The second-order valence-corrected chi connectivity index (χ2v) is 5.32. The van der Waals surface area contributed by atoms with E-state index < -0.39 is 4.92 Å². The normalized spacial score (nSPS) is 22.1. The lowest BCUT2D eigenvalue weighted by Gasteiger charge is -2.31. The maximum Gasteiger partial charge on any atom is 0.270 e. The van der Waals surface area contributed by atoms with Gasteiger partial charge in [-0.2, -0.15) is 0 Å². The van der Waals surface area contributed by atoms with Crippen molar-refractivity contribution in [2.45, 2.75) is 31.8 Å². The van der Waals surface area contributed by atoms with Crippen molar-refractivity contribution in [3.05, 3.63) is 34.6 Å². The molecule has 1 saturated heterocycles. The van der Waals surface area contributed by atoms with Crippen LogP contribution in [0.15, 0.2) is 24.5 Å². The van der Waals surface area contributed by atoms with E-state index in [1.807, 2.05) is 0 Å². The van der Waals surface area contributed by atoms with Crippen LogP contribution >= 0.6 is 0 Å². The first kappa shape index (κ1) is 13.7. The Labute approximate surface area is 121 Å². The molecule has 2 N–H and O–H groups in total. The van der Waals surface area contributed by atoms with Crippen molar-refractivity contribution in [2.24, 2.45) is 0 Å². The number of aromatic nitrogens is 2. The third-order valence-corrected chi connectivity index (χ3v) is 3.91. The van der Waals surface area contributed by atoms with Gasteiger partial charge >= 0.3 is 0 Å². The first-order valence-corrected chi connectivity index (χ1v) is 7.04. The van der Waals surface area contributed by atoms with Gasteiger partial charge in [-0.25, -0.2) is 9.97 Å². The summed E-state index contributed by atoms with van der Waals surface area (Å²) in [6.45, 7) is 3.15. The van der Waals surface area contributed by atoms with Crippen molar-refractivity contribution in [2.75, 3.05) is 11.9 Å². The second-order valence-electron chi connectivity index (χ2n) is 5.32. The molecule has 0 radical (unpaired) electrons. The Morgan fingerprint density at radius 1 is 1.43 bits per heavy atom. The van der Waals surface area contributed by atoms with Gasteiger partial charge in [0, 0.05) is 29.6 Å². The van der Waals surface area contributed by atoms with Gasteiger partial charge in [-0.05, 0) is 32.4 Å². The Morgan fingerprint density at radius 3 is 3.05 bits per heavy atom. The van der Waals surface area contributed by atoms with Crippen LogP contribution in [-0.2, 0) is 0 Å². The van der Waals surface area contributed by atoms with E-state index in [4.69, 9.17) is 0 Å². The number of rotatable bonds is 3. The van der Waals surface area contributed by atoms with E-state index in [1.54, 1.807) is 6.07 Å². The summed E-state index contributed by atoms with van der Waals surface area (Å²) in [6.07, 6.45) is 3.64. The minimum absolute atomic E-state index is 0.0511. The van der Waals surface area contributed by atoms with Crippen molar-refractivity contribution < 1.29 is 4.92 Å². The van der Waals surface area contributed by atoms with Crippen LogP contribution in [0.25, 0.3) is 10.9 Å². The number of benzene rings is 1. The molecule has 1 aliphatic heterocycles. The maximum absolute atomic E-state index is 10.9. The summed E-state index contributed by atoms with van der Waals surface area (Å²) in [5, 5.41) is 18.4. The van der Waals surface area contributed by atoms with E-state index in [0.717, 1.165) is 19.4 Å². The molecule has 110 valence electrons. The smallest absolute Gasteiger partial charge is 0.270 e. The van der Waals surface area contributed by atoms with Gasteiger partial charge in [0.25, 0.3) is 5.69 Å². The predicted molar refractivity (Wildman–Crippen MR) is 80.3 cm³/mol. The molecular weight excluding hydrogens is 270 g/mol. The highest BCUT2D eigenvalue weighted by Crippen LogP contribution is 2.26. The van der Waals surface area contributed by atoms with E-state index in [2.05, 4.69) is 27.5 Å². The molecule has 7 nitrogen and oxygen atoms in total. The Morgan fingerprint density at radius 2 is 2.29 bits per heavy atom. The zero-order valence-corrected chi connectivity index (χ0v) is 11.7. The minimum Gasteiger partial charge on any atom is -0.365 e. The Bertz CT molecular complexity index is 675. The van der Waals surface area contributed by atoms with Crippen LogP contribution in [0, 0.1) is 10.1 Å². The van der Waals surface area contributed by atoms with E-state index in [9.17, 15) is 10.1 Å². The van der Waals surface area contributed by atoms with Crippen molar-refractivity contribution >= 4 is 22.4 Å². The van der Waals surface area contributed by atoms with Gasteiger partial charge in [-0.1, -0.05) is 0 Å². The van der Waals surface area contributed by atoms with Crippen LogP contribution in [0.4, 0.5) is 11.5 Å². The summed E-state index contributed by atoms with van der Waals surface area (Å²) in [5.41, 5.74) is 0.754. The average molecular weight is 287 g/mol. The molecule has 2 atom stereocenters. The second kappa shape index (κ2) is 5.61. The number of nitrogens with one attached hydrogen (secondary N) is 2. The Kier molecular flexibility index (Phi) is 3.66. The third kappa shape index (κ3) is 2.78. The first-order chi connectivity index (χ1) is 10.1. The van der Waals surface area contributed by atoms with Crippen molar-refractivity contribution in [1.29, 1.82) is 0 Å². The molecule has 1 aromatic heterocycles. The molecule has 2 aromatic rings. The Balaban J connectivity index is 1.97.